The zero-order valence-electron chi connectivity index (χ0n) is 43.9. The monoisotopic (exact) mass is 1060 g/mol. The van der Waals surface area contributed by atoms with Crippen LogP contribution >= 0.6 is 21.6 Å². The highest BCUT2D eigenvalue weighted by Gasteiger charge is 2.44. The minimum absolute atomic E-state index is 0.0237. The summed E-state index contributed by atoms with van der Waals surface area (Å²) in [5, 5.41) is 10.5. The van der Waals surface area contributed by atoms with E-state index in [2.05, 4.69) is 35.9 Å². The average Bonchev–Trinajstić information content (AvgIpc) is 4.10. The molecule has 8 rings (SSSR count). The number of hydroxylamine groups is 2. The first-order chi connectivity index (χ1) is 36.4. The number of nitrogens with zero attached hydrogens (tertiary/aromatic N) is 7. The van der Waals surface area contributed by atoms with E-state index in [9.17, 15) is 33.6 Å². The van der Waals surface area contributed by atoms with Crippen LogP contribution < -0.4 is 25.7 Å². The number of nitrogens with one attached hydrogen (secondary N) is 3. The zero-order valence-corrected chi connectivity index (χ0v) is 43.6. The first-order valence-corrected chi connectivity index (χ1v) is 27.4. The lowest BCUT2D eigenvalue weighted by Gasteiger charge is -2.42. The smallest absolute Gasteiger partial charge is 0.333 e. The van der Waals surface area contributed by atoms with Crippen LogP contribution in [0, 0.1) is 11.7 Å². The summed E-state index contributed by atoms with van der Waals surface area (Å²) >= 11 is 0. The first-order valence-electron chi connectivity index (χ1n) is 26.1. The maximum atomic E-state index is 15.1. The first kappa shape index (κ1) is 51.2. The lowest BCUT2D eigenvalue weighted by atomic mass is 10.00. The van der Waals surface area contributed by atoms with Crippen molar-refractivity contribution >= 4 is 80.2 Å². The molecular formula is C52H65FN10O9S2. The van der Waals surface area contributed by atoms with Gasteiger partial charge in [-0.2, -0.15) is 5.10 Å². The van der Waals surface area contributed by atoms with Gasteiger partial charge in [0.25, 0.3) is 11.8 Å². The van der Waals surface area contributed by atoms with E-state index in [-0.39, 0.29) is 74.0 Å². The third kappa shape index (κ3) is 14.5. The Bertz CT molecular complexity index is 2680. The van der Waals surface area contributed by atoms with Crippen molar-refractivity contribution in [2.45, 2.75) is 101 Å². The second-order valence-electron chi connectivity index (χ2n) is 19.5. The number of imide groups is 1. The molecule has 0 radical (unpaired) electrons. The summed E-state index contributed by atoms with van der Waals surface area (Å²) < 4.78 is 37.1. The van der Waals surface area contributed by atoms with Crippen molar-refractivity contribution < 1.29 is 50.3 Å². The molecule has 2 atom stereocenters. The quantitative estimate of drug-likeness (QED) is 0.0524. The maximum Gasteiger partial charge on any atom is 0.333 e. The molecule has 5 aliphatic rings. The van der Waals surface area contributed by atoms with Crippen LogP contribution in [0.25, 0.3) is 0 Å². The van der Waals surface area contributed by atoms with Crippen LogP contribution in [-0.4, -0.2) is 148 Å². The van der Waals surface area contributed by atoms with Crippen molar-refractivity contribution in [1.29, 1.82) is 0 Å². The van der Waals surface area contributed by atoms with E-state index in [1.165, 1.54) is 12.1 Å². The highest BCUT2D eigenvalue weighted by Crippen LogP contribution is 2.47. The molecule has 1 saturated carbocycles. The number of hydrogen-bond acceptors (Lipinski definition) is 15. The fraction of sp³-hybridized carbons (Fsp3) is 0.519. The SMILES string of the molecule is [2H]C1([2H])[C@H](C(=O)Nc2ccc(CNC(=O)N3CCC(N4CCN(C(=O)CCSSC(C)(C)CC(=O)N/N=C5\CCN(C)c6cc(OCCCC(=O)ON7C(=O)CCC7=O)ccc65)CC4)CC3)c(F)c2)[C@H]1c1cccnc1. The fourth-order valence-electron chi connectivity index (χ4n) is 9.35. The van der Waals surface area contributed by atoms with Crippen LogP contribution in [0.1, 0.15) is 103 Å². The molecule has 19 nitrogen and oxygen atoms in total. The molecule has 4 fully saturated rings. The number of ether oxygens (including phenoxy) is 1. The molecule has 3 aromatic rings. The van der Waals surface area contributed by atoms with Crippen LogP contribution in [0.5, 0.6) is 5.75 Å². The number of anilines is 2. The summed E-state index contributed by atoms with van der Waals surface area (Å²) in [6.07, 6.45) is 4.57. The van der Waals surface area contributed by atoms with Crippen LogP contribution in [0.3, 0.4) is 0 Å². The summed E-state index contributed by atoms with van der Waals surface area (Å²) in [6, 6.07) is 13.2. The number of urea groups is 1. The van der Waals surface area contributed by atoms with Crippen molar-refractivity contribution in [1.82, 2.24) is 35.5 Å². The summed E-state index contributed by atoms with van der Waals surface area (Å²) in [4.78, 5) is 105. The molecule has 7 amide bonds. The number of carbonyl (C=O) groups excluding carboxylic acids is 7. The molecule has 3 saturated heterocycles. The number of fused-ring (bicyclic) bond motifs is 1. The van der Waals surface area contributed by atoms with Gasteiger partial charge in [-0.05, 0) is 81.3 Å². The molecule has 396 valence electrons. The molecule has 0 spiro atoms. The fourth-order valence-corrected chi connectivity index (χ4v) is 11.8. The lowest BCUT2D eigenvalue weighted by Crippen LogP contribution is -2.55. The van der Waals surface area contributed by atoms with E-state index in [0.717, 1.165) is 42.9 Å². The number of rotatable bonds is 20. The van der Waals surface area contributed by atoms with Gasteiger partial charge in [-0.25, -0.2) is 19.4 Å². The van der Waals surface area contributed by atoms with Crippen molar-refractivity contribution in [3.8, 4) is 5.75 Å². The number of piperazine rings is 1. The molecule has 1 aromatic heterocycles. The predicted octanol–water partition coefficient (Wildman–Crippen LogP) is 5.85. The van der Waals surface area contributed by atoms with Crippen LogP contribution in [0.2, 0.25) is 0 Å². The number of hydrogen-bond donors (Lipinski definition) is 3. The number of piperidine rings is 1. The Hall–Kier alpha value is -6.26. The summed E-state index contributed by atoms with van der Waals surface area (Å²) in [6.45, 7) is 8.71. The van der Waals surface area contributed by atoms with Crippen LogP contribution in [0.15, 0.2) is 66.0 Å². The van der Waals surface area contributed by atoms with E-state index in [1.54, 1.807) is 63.1 Å². The zero-order chi connectivity index (χ0) is 54.1. The van der Waals surface area contributed by atoms with Crippen LogP contribution in [0.4, 0.5) is 20.6 Å². The highest BCUT2D eigenvalue weighted by molar-refractivity contribution is 8.77. The Balaban J connectivity index is 0.677. The molecule has 0 bridgehead atoms. The Kier molecular flexibility index (Phi) is 17.2. The molecule has 4 aliphatic heterocycles. The standard InChI is InChI=1S/C52H65FN10O9S2/c1-52(2,31-45(64)58-57-43-16-19-59(3)44-29-38(10-11-39(43)44)71-26-5-7-49(68)72-63-47(66)12-13-48(63)67)74-73-27-17-46(65)61-24-22-60(23-25-61)37-14-20-62(21-15-37)51(70)55-33-35-8-9-36(28-42(35)53)56-50(69)41-30-40(41)34-6-4-18-54-32-34/h4,6,8-11,18,28-29,32,37,40-41H,5,7,12-17,19-27,30-31,33H2,1-3H3,(H,55,70)(H,56,69)(H,58,64)/b57-43+/t40-,41+/m1/s1/i30D2. The minimum atomic E-state index is -1.74. The number of halogens is 1. The summed E-state index contributed by atoms with van der Waals surface area (Å²) in [5.41, 5.74) is 6.34. The lowest BCUT2D eigenvalue weighted by molar-refractivity contribution is -0.197. The van der Waals surface area contributed by atoms with Gasteiger partial charge in [0.2, 0.25) is 17.7 Å². The van der Waals surface area contributed by atoms with Gasteiger partial charge < -0.3 is 34.9 Å². The molecule has 1 aliphatic carbocycles. The van der Waals surface area contributed by atoms with Crippen LogP contribution in [-0.2, 0) is 40.1 Å². The van der Waals surface area contributed by atoms with Gasteiger partial charge in [0.15, 0.2) is 0 Å². The molecule has 3 N–H and O–H groups in total. The largest absolute Gasteiger partial charge is 0.494 e. The molecule has 0 unspecified atom stereocenters. The van der Waals surface area contributed by atoms with Gasteiger partial charge in [-0.3, -0.25) is 33.9 Å². The Morgan fingerprint density at radius 2 is 1.70 bits per heavy atom. The van der Waals surface area contributed by atoms with Gasteiger partial charge in [-0.1, -0.05) is 33.7 Å². The normalized spacial score (nSPS) is 20.9. The summed E-state index contributed by atoms with van der Waals surface area (Å²) in [7, 11) is 5.11. The second kappa shape index (κ2) is 24.8. The Labute approximate surface area is 441 Å². The van der Waals surface area contributed by atoms with E-state index in [1.807, 2.05) is 37.9 Å². The van der Waals surface area contributed by atoms with Gasteiger partial charge in [0.05, 0.1) is 18.7 Å². The van der Waals surface area contributed by atoms with Gasteiger partial charge >= 0.3 is 12.0 Å². The van der Waals surface area contributed by atoms with Gasteiger partial charge in [-0.15, -0.1) is 5.06 Å². The number of aromatic nitrogens is 1. The molecule has 2 aromatic carbocycles. The number of hydrazone groups is 1. The highest BCUT2D eigenvalue weighted by atomic mass is 33.1. The molecule has 74 heavy (non-hydrogen) atoms. The van der Waals surface area contributed by atoms with Crippen molar-refractivity contribution in [3.05, 3.63) is 83.4 Å². The Morgan fingerprint density at radius 1 is 0.932 bits per heavy atom. The third-order valence-electron chi connectivity index (χ3n) is 13.5. The average molecular weight is 1060 g/mol. The number of benzene rings is 2. The molecule has 5 heterocycles. The topological polar surface area (TPSA) is 215 Å². The number of likely N-dealkylation sites (tertiary alicyclic amines) is 1. The van der Waals surface area contributed by atoms with Gasteiger partial charge in [0, 0.05) is 158 Å². The van der Waals surface area contributed by atoms with E-state index in [0.29, 0.717) is 74.1 Å². The number of amides is 7. The summed E-state index contributed by atoms with van der Waals surface area (Å²) in [5.74, 6) is -3.32. The van der Waals surface area contributed by atoms with E-state index < -0.39 is 52.5 Å². The third-order valence-corrected chi connectivity index (χ3v) is 16.8. The molecule has 22 heteroatoms. The van der Waals surface area contributed by atoms with Crippen molar-refractivity contribution in [2.24, 2.45) is 11.0 Å². The van der Waals surface area contributed by atoms with Crippen molar-refractivity contribution in [2.75, 3.05) is 75.4 Å². The van der Waals surface area contributed by atoms with E-state index >= 15 is 4.39 Å². The predicted molar refractivity (Wildman–Crippen MR) is 279 cm³/mol. The Morgan fingerprint density at radius 3 is 2.43 bits per heavy atom. The van der Waals surface area contributed by atoms with Crippen molar-refractivity contribution in [3.63, 3.8) is 0 Å². The number of pyridine rings is 1. The second-order valence-corrected chi connectivity index (χ2v) is 22.7. The number of carbonyl (C=O) groups is 7. The molecular weight excluding hydrogens is 992 g/mol. The maximum absolute atomic E-state index is 15.1. The van der Waals surface area contributed by atoms with Gasteiger partial charge in [0.1, 0.15) is 11.6 Å². The minimum Gasteiger partial charge on any atom is -0.494 e. The van der Waals surface area contributed by atoms with E-state index in [4.69, 9.17) is 12.3 Å².